The molecule has 2 rings (SSSR count). The Bertz CT molecular complexity index is 382. The van der Waals surface area contributed by atoms with E-state index in [0.29, 0.717) is 18.3 Å². The Balaban J connectivity index is 2.12. The summed E-state index contributed by atoms with van der Waals surface area (Å²) in [6.07, 6.45) is 4.60. The summed E-state index contributed by atoms with van der Waals surface area (Å²) < 4.78 is 0. The Kier molecular flexibility index (Phi) is 4.71. The summed E-state index contributed by atoms with van der Waals surface area (Å²) in [5, 5.41) is 9.39. The van der Waals surface area contributed by atoms with Crippen LogP contribution >= 0.6 is 0 Å². The van der Waals surface area contributed by atoms with Crippen molar-refractivity contribution in [1.82, 2.24) is 4.90 Å². The number of piperidine rings is 1. The zero-order valence-corrected chi connectivity index (χ0v) is 12.8. The molecule has 1 aliphatic carbocycles. The normalized spacial score (nSPS) is 38.0. The van der Waals surface area contributed by atoms with Crippen molar-refractivity contribution in [3.63, 3.8) is 0 Å². The average molecular weight is 281 g/mol. The number of hydrogen-bond acceptors (Lipinski definition) is 2. The van der Waals surface area contributed by atoms with E-state index in [-0.39, 0.29) is 17.9 Å². The predicted octanol–water partition coefficient (Wildman–Crippen LogP) is 2.77. The number of hydrogen-bond donors (Lipinski definition) is 1. The van der Waals surface area contributed by atoms with Crippen molar-refractivity contribution in [3.05, 3.63) is 0 Å². The highest BCUT2D eigenvalue weighted by molar-refractivity contribution is 5.85. The minimum absolute atomic E-state index is 0.0902. The molecule has 1 heterocycles. The van der Waals surface area contributed by atoms with Gasteiger partial charge in [-0.15, -0.1) is 0 Å². The number of carboxylic acids is 1. The highest BCUT2D eigenvalue weighted by Gasteiger charge is 2.45. The third kappa shape index (κ3) is 2.84. The van der Waals surface area contributed by atoms with E-state index in [1.165, 1.54) is 0 Å². The molecule has 0 radical (unpaired) electrons. The van der Waals surface area contributed by atoms with Gasteiger partial charge in [-0.1, -0.05) is 20.3 Å². The van der Waals surface area contributed by atoms with Crippen LogP contribution in [-0.2, 0) is 9.59 Å². The van der Waals surface area contributed by atoms with Crippen molar-refractivity contribution in [2.24, 2.45) is 23.7 Å². The molecule has 2 fully saturated rings. The van der Waals surface area contributed by atoms with Crippen LogP contribution in [-0.4, -0.2) is 34.5 Å². The SMILES string of the molecule is CCC1C[C@H](C(=O)N2CCCC(C)C2C)[C@H](C(=O)O)C1. The van der Waals surface area contributed by atoms with E-state index < -0.39 is 11.9 Å². The largest absolute Gasteiger partial charge is 0.481 e. The first-order valence-corrected chi connectivity index (χ1v) is 7.99. The Morgan fingerprint density at radius 2 is 1.85 bits per heavy atom. The van der Waals surface area contributed by atoms with Gasteiger partial charge in [-0.2, -0.15) is 0 Å². The maximum Gasteiger partial charge on any atom is 0.307 e. The predicted molar refractivity (Wildman–Crippen MR) is 77.2 cm³/mol. The van der Waals surface area contributed by atoms with Crippen LogP contribution in [0.5, 0.6) is 0 Å². The van der Waals surface area contributed by atoms with Crippen LogP contribution in [0.1, 0.15) is 52.9 Å². The third-order valence-corrected chi connectivity index (χ3v) is 5.53. The van der Waals surface area contributed by atoms with Gasteiger partial charge in [-0.05, 0) is 44.4 Å². The molecule has 1 saturated heterocycles. The standard InChI is InChI=1S/C16H27NO3/c1-4-12-8-13(14(9-12)16(19)20)15(18)17-7-5-6-10(2)11(17)3/h10-14H,4-9H2,1-3H3,(H,19,20)/t10?,11?,12?,13-,14+/m0/s1. The molecule has 4 heteroatoms. The lowest BCUT2D eigenvalue weighted by molar-refractivity contribution is -0.151. The van der Waals surface area contributed by atoms with Crippen molar-refractivity contribution in [2.75, 3.05) is 6.54 Å². The van der Waals surface area contributed by atoms with Gasteiger partial charge in [-0.3, -0.25) is 9.59 Å². The van der Waals surface area contributed by atoms with Crippen LogP contribution in [0.2, 0.25) is 0 Å². The van der Waals surface area contributed by atoms with Crippen LogP contribution in [0.4, 0.5) is 0 Å². The molecule has 114 valence electrons. The quantitative estimate of drug-likeness (QED) is 0.865. The highest BCUT2D eigenvalue weighted by atomic mass is 16.4. The lowest BCUT2D eigenvalue weighted by Crippen LogP contribution is -2.49. The monoisotopic (exact) mass is 281 g/mol. The van der Waals surface area contributed by atoms with E-state index in [2.05, 4.69) is 20.8 Å². The molecule has 20 heavy (non-hydrogen) atoms. The zero-order chi connectivity index (χ0) is 14.9. The number of carboxylic acid groups (broad SMARTS) is 1. The van der Waals surface area contributed by atoms with E-state index in [1.807, 2.05) is 4.90 Å². The molecular weight excluding hydrogens is 254 g/mol. The topological polar surface area (TPSA) is 57.6 Å². The molecule has 1 N–H and O–H groups in total. The molecule has 1 saturated carbocycles. The van der Waals surface area contributed by atoms with Gasteiger partial charge in [0.15, 0.2) is 0 Å². The lowest BCUT2D eigenvalue weighted by Gasteiger charge is -2.39. The molecule has 4 nitrogen and oxygen atoms in total. The maximum absolute atomic E-state index is 12.8. The average Bonchev–Trinajstić information content (AvgIpc) is 2.85. The van der Waals surface area contributed by atoms with E-state index in [0.717, 1.165) is 32.2 Å². The van der Waals surface area contributed by atoms with Crippen molar-refractivity contribution in [2.45, 2.75) is 58.9 Å². The van der Waals surface area contributed by atoms with Crippen LogP contribution < -0.4 is 0 Å². The molecule has 2 aliphatic rings. The molecule has 0 spiro atoms. The number of carbonyl (C=O) groups excluding carboxylic acids is 1. The van der Waals surface area contributed by atoms with E-state index in [9.17, 15) is 14.7 Å². The van der Waals surface area contributed by atoms with Gasteiger partial charge >= 0.3 is 5.97 Å². The number of likely N-dealkylation sites (tertiary alicyclic amines) is 1. The summed E-state index contributed by atoms with van der Waals surface area (Å²) in [6, 6.07) is 0.242. The van der Waals surface area contributed by atoms with Crippen LogP contribution in [0.15, 0.2) is 0 Å². The smallest absolute Gasteiger partial charge is 0.307 e. The van der Waals surface area contributed by atoms with Gasteiger partial charge in [0, 0.05) is 12.6 Å². The van der Waals surface area contributed by atoms with Crippen molar-refractivity contribution < 1.29 is 14.7 Å². The summed E-state index contributed by atoms with van der Waals surface area (Å²) in [4.78, 5) is 26.2. The van der Waals surface area contributed by atoms with Gasteiger partial charge in [-0.25, -0.2) is 0 Å². The zero-order valence-electron chi connectivity index (χ0n) is 12.8. The Morgan fingerprint density at radius 3 is 2.45 bits per heavy atom. The van der Waals surface area contributed by atoms with Crippen LogP contribution in [0, 0.1) is 23.7 Å². The van der Waals surface area contributed by atoms with Crippen LogP contribution in [0.25, 0.3) is 0 Å². The highest BCUT2D eigenvalue weighted by Crippen LogP contribution is 2.40. The second kappa shape index (κ2) is 6.15. The van der Waals surface area contributed by atoms with Crippen molar-refractivity contribution >= 4 is 11.9 Å². The van der Waals surface area contributed by atoms with Gasteiger partial charge in [0.1, 0.15) is 0 Å². The fourth-order valence-corrected chi connectivity index (χ4v) is 3.88. The van der Waals surface area contributed by atoms with Gasteiger partial charge in [0.05, 0.1) is 11.8 Å². The van der Waals surface area contributed by atoms with Gasteiger partial charge in [0.2, 0.25) is 5.91 Å². The van der Waals surface area contributed by atoms with Crippen LogP contribution in [0.3, 0.4) is 0 Å². The summed E-state index contributed by atoms with van der Waals surface area (Å²) in [6.45, 7) is 7.16. The summed E-state index contributed by atoms with van der Waals surface area (Å²) in [5.74, 6) is -0.576. The first-order valence-electron chi connectivity index (χ1n) is 7.99. The number of nitrogens with zero attached hydrogens (tertiary/aromatic N) is 1. The molecule has 0 aromatic heterocycles. The van der Waals surface area contributed by atoms with Crippen molar-refractivity contribution in [1.29, 1.82) is 0 Å². The number of amides is 1. The first-order chi connectivity index (χ1) is 9.45. The summed E-state index contributed by atoms with van der Waals surface area (Å²) >= 11 is 0. The molecule has 1 amide bonds. The fraction of sp³-hybridized carbons (Fsp3) is 0.875. The van der Waals surface area contributed by atoms with E-state index in [1.54, 1.807) is 0 Å². The van der Waals surface area contributed by atoms with E-state index in [4.69, 9.17) is 0 Å². The molecule has 0 aromatic carbocycles. The number of rotatable bonds is 3. The lowest BCUT2D eigenvalue weighted by atomic mass is 9.88. The van der Waals surface area contributed by atoms with Gasteiger partial charge < -0.3 is 10.0 Å². The molecule has 0 aromatic rings. The molecule has 0 bridgehead atoms. The maximum atomic E-state index is 12.8. The second-order valence-electron chi connectivity index (χ2n) is 6.69. The third-order valence-electron chi connectivity index (χ3n) is 5.53. The Hall–Kier alpha value is -1.06. The Morgan fingerprint density at radius 1 is 1.20 bits per heavy atom. The minimum Gasteiger partial charge on any atom is -0.481 e. The molecular formula is C16H27NO3. The summed E-state index contributed by atoms with van der Waals surface area (Å²) in [7, 11) is 0. The van der Waals surface area contributed by atoms with Gasteiger partial charge in [0.25, 0.3) is 0 Å². The van der Waals surface area contributed by atoms with Crippen molar-refractivity contribution in [3.8, 4) is 0 Å². The minimum atomic E-state index is -0.794. The molecule has 5 atom stereocenters. The fourth-order valence-electron chi connectivity index (χ4n) is 3.88. The first kappa shape index (κ1) is 15.3. The van der Waals surface area contributed by atoms with E-state index >= 15 is 0 Å². The molecule has 3 unspecified atom stereocenters. The summed E-state index contributed by atoms with van der Waals surface area (Å²) in [5.41, 5.74) is 0. The Labute approximate surface area is 121 Å². The molecule has 1 aliphatic heterocycles. The number of carbonyl (C=O) groups is 2. The number of aliphatic carboxylic acids is 1. The second-order valence-corrected chi connectivity index (χ2v) is 6.69.